The lowest BCUT2D eigenvalue weighted by Crippen LogP contribution is -2.47. The smallest absolute Gasteiger partial charge is 0.271 e. The molecular formula is C30H43Cl2N5O. The van der Waals surface area contributed by atoms with Crippen molar-refractivity contribution in [3.63, 3.8) is 0 Å². The van der Waals surface area contributed by atoms with Gasteiger partial charge in [-0.2, -0.15) is 0 Å². The molecule has 0 atom stereocenters. The van der Waals surface area contributed by atoms with Crippen LogP contribution in [0.3, 0.4) is 0 Å². The largest absolute Gasteiger partial charge is 0.369 e. The van der Waals surface area contributed by atoms with Gasteiger partial charge in [-0.05, 0) is 76.4 Å². The van der Waals surface area contributed by atoms with Crippen LogP contribution in [0.4, 0.5) is 5.69 Å². The summed E-state index contributed by atoms with van der Waals surface area (Å²) in [5.74, 6) is 0.876. The van der Waals surface area contributed by atoms with Gasteiger partial charge < -0.3 is 14.8 Å². The summed E-state index contributed by atoms with van der Waals surface area (Å²) in [7, 11) is 0. The van der Waals surface area contributed by atoms with Crippen molar-refractivity contribution in [3.05, 3.63) is 76.4 Å². The van der Waals surface area contributed by atoms with Crippen molar-refractivity contribution in [1.82, 2.24) is 19.8 Å². The molecule has 1 aromatic heterocycles. The van der Waals surface area contributed by atoms with E-state index in [2.05, 4.69) is 89.8 Å². The number of nitrogens with zero attached hydrogens (tertiary/aromatic N) is 4. The number of piperazine rings is 1. The summed E-state index contributed by atoms with van der Waals surface area (Å²) < 4.78 is 2.13. The first kappa shape index (κ1) is 31.7. The van der Waals surface area contributed by atoms with E-state index in [1.807, 2.05) is 6.92 Å². The number of benzene rings is 2. The van der Waals surface area contributed by atoms with Crippen molar-refractivity contribution in [3.8, 4) is 5.69 Å². The number of carbonyl (C=O) groups excluding carboxylic acids is 1. The molecule has 8 heteroatoms. The van der Waals surface area contributed by atoms with E-state index in [4.69, 9.17) is 4.98 Å². The lowest BCUT2D eigenvalue weighted by molar-refractivity contribution is 0.0946. The average molecular weight is 561 g/mol. The summed E-state index contributed by atoms with van der Waals surface area (Å²) in [6.07, 6.45) is 2.77. The van der Waals surface area contributed by atoms with E-state index in [1.54, 1.807) is 0 Å². The summed E-state index contributed by atoms with van der Waals surface area (Å²) in [6.45, 7) is 16.5. The van der Waals surface area contributed by atoms with E-state index in [9.17, 15) is 4.79 Å². The van der Waals surface area contributed by atoms with E-state index in [0.717, 1.165) is 69.2 Å². The fourth-order valence-corrected chi connectivity index (χ4v) is 5.08. The summed E-state index contributed by atoms with van der Waals surface area (Å²) >= 11 is 0. The Balaban J connectivity index is 0.00000253. The fraction of sp³-hybridized carbons (Fsp3) is 0.467. The third-order valence-corrected chi connectivity index (χ3v) is 7.38. The number of aryl methyl sites for hydroxylation is 3. The van der Waals surface area contributed by atoms with Crippen molar-refractivity contribution >= 4 is 36.4 Å². The van der Waals surface area contributed by atoms with Gasteiger partial charge in [-0.1, -0.05) is 36.8 Å². The molecule has 0 bridgehead atoms. The summed E-state index contributed by atoms with van der Waals surface area (Å²) in [6, 6.07) is 15.0. The number of aromatic nitrogens is 2. The Morgan fingerprint density at radius 2 is 1.63 bits per heavy atom. The van der Waals surface area contributed by atoms with Crippen LogP contribution in [0.15, 0.2) is 42.5 Å². The maximum atomic E-state index is 13.0. The zero-order valence-corrected chi connectivity index (χ0v) is 25.1. The van der Waals surface area contributed by atoms with Crippen molar-refractivity contribution in [2.24, 2.45) is 0 Å². The van der Waals surface area contributed by atoms with Crippen LogP contribution in [-0.4, -0.2) is 59.6 Å². The van der Waals surface area contributed by atoms with Crippen LogP contribution in [0.2, 0.25) is 0 Å². The number of halogens is 2. The quantitative estimate of drug-likeness (QED) is 0.334. The first-order valence-electron chi connectivity index (χ1n) is 13.4. The first-order chi connectivity index (χ1) is 17.4. The predicted octanol–water partition coefficient (Wildman–Crippen LogP) is 5.84. The average Bonchev–Trinajstić information content (AvgIpc) is 3.20. The molecule has 0 aliphatic carbocycles. The van der Waals surface area contributed by atoms with Crippen molar-refractivity contribution < 1.29 is 4.79 Å². The topological polar surface area (TPSA) is 53.4 Å². The second kappa shape index (κ2) is 14.6. The Hall–Kier alpha value is -2.54. The molecular weight excluding hydrogens is 517 g/mol. The summed E-state index contributed by atoms with van der Waals surface area (Å²) in [5.41, 5.74) is 7.84. The standard InChI is InChI=1S/C30H41N5O.2ClH/c1-6-9-28-32-29(25(5)35(28)26-14-12-22(2)13-15-26)30(36)31-16-8-17-33-18-20-34(21-19-33)27-11-7-10-23(3)24(27)4;;/h7,10-15H,6,8-9,16-21H2,1-5H3,(H,31,36);2*1H. The Kier molecular flexibility index (Phi) is 12.1. The number of amides is 1. The highest BCUT2D eigenvalue weighted by atomic mass is 35.5. The molecule has 38 heavy (non-hydrogen) atoms. The number of hydrogen-bond donors (Lipinski definition) is 1. The number of anilines is 1. The molecule has 1 amide bonds. The maximum absolute atomic E-state index is 13.0. The Morgan fingerprint density at radius 3 is 2.29 bits per heavy atom. The fourth-order valence-electron chi connectivity index (χ4n) is 5.08. The lowest BCUT2D eigenvalue weighted by atomic mass is 10.1. The molecule has 0 unspecified atom stereocenters. The highest BCUT2D eigenvalue weighted by Crippen LogP contribution is 2.24. The van der Waals surface area contributed by atoms with E-state index >= 15 is 0 Å². The van der Waals surface area contributed by atoms with E-state index in [1.165, 1.54) is 22.4 Å². The molecule has 0 spiro atoms. The number of imidazole rings is 1. The highest BCUT2D eigenvalue weighted by Gasteiger charge is 2.21. The SMILES string of the molecule is CCCc1nc(C(=O)NCCCN2CCN(c3cccc(C)c3C)CC2)c(C)n1-c1ccc(C)cc1.Cl.Cl. The van der Waals surface area contributed by atoms with Crippen LogP contribution in [0.25, 0.3) is 5.69 Å². The minimum atomic E-state index is -0.0737. The molecule has 208 valence electrons. The van der Waals surface area contributed by atoms with Gasteiger partial charge in [0.25, 0.3) is 5.91 Å². The van der Waals surface area contributed by atoms with Gasteiger partial charge in [0.15, 0.2) is 0 Å². The van der Waals surface area contributed by atoms with Crippen LogP contribution >= 0.6 is 24.8 Å². The first-order valence-corrected chi connectivity index (χ1v) is 13.4. The lowest BCUT2D eigenvalue weighted by Gasteiger charge is -2.37. The second-order valence-electron chi connectivity index (χ2n) is 10.0. The van der Waals surface area contributed by atoms with Gasteiger partial charge in [-0.3, -0.25) is 9.69 Å². The monoisotopic (exact) mass is 559 g/mol. The molecule has 2 heterocycles. The van der Waals surface area contributed by atoms with Gasteiger partial charge in [0, 0.05) is 50.5 Å². The number of carbonyl (C=O) groups is 1. The van der Waals surface area contributed by atoms with Crippen LogP contribution in [-0.2, 0) is 6.42 Å². The Morgan fingerprint density at radius 1 is 0.947 bits per heavy atom. The molecule has 0 radical (unpaired) electrons. The van der Waals surface area contributed by atoms with Crippen LogP contribution in [0.5, 0.6) is 0 Å². The van der Waals surface area contributed by atoms with Crippen molar-refractivity contribution in [1.29, 1.82) is 0 Å². The van der Waals surface area contributed by atoms with E-state index in [0.29, 0.717) is 12.2 Å². The van der Waals surface area contributed by atoms with E-state index in [-0.39, 0.29) is 30.7 Å². The predicted molar refractivity (Wildman–Crippen MR) is 163 cm³/mol. The summed E-state index contributed by atoms with van der Waals surface area (Å²) in [4.78, 5) is 22.8. The normalized spacial score (nSPS) is 13.6. The summed E-state index contributed by atoms with van der Waals surface area (Å²) in [5, 5.41) is 3.12. The molecule has 1 N–H and O–H groups in total. The van der Waals surface area contributed by atoms with Crippen LogP contribution < -0.4 is 10.2 Å². The zero-order valence-electron chi connectivity index (χ0n) is 23.4. The molecule has 1 aliphatic heterocycles. The van der Waals surface area contributed by atoms with E-state index < -0.39 is 0 Å². The maximum Gasteiger partial charge on any atom is 0.271 e. The third-order valence-electron chi connectivity index (χ3n) is 7.38. The van der Waals surface area contributed by atoms with Gasteiger partial charge in [0.05, 0.1) is 5.69 Å². The number of nitrogens with one attached hydrogen (secondary N) is 1. The highest BCUT2D eigenvalue weighted by molar-refractivity contribution is 5.93. The molecule has 3 aromatic rings. The molecule has 1 saturated heterocycles. The van der Waals surface area contributed by atoms with Gasteiger partial charge in [-0.15, -0.1) is 24.8 Å². The zero-order chi connectivity index (χ0) is 25.7. The third kappa shape index (κ3) is 7.31. The van der Waals surface area contributed by atoms with Gasteiger partial charge in [-0.25, -0.2) is 4.98 Å². The van der Waals surface area contributed by atoms with Crippen molar-refractivity contribution in [2.45, 2.75) is 53.9 Å². The molecule has 2 aromatic carbocycles. The van der Waals surface area contributed by atoms with Crippen LogP contribution in [0.1, 0.15) is 58.5 Å². The molecule has 1 aliphatic rings. The number of rotatable bonds is 9. The second-order valence-corrected chi connectivity index (χ2v) is 10.0. The molecule has 6 nitrogen and oxygen atoms in total. The van der Waals surface area contributed by atoms with Crippen molar-refractivity contribution in [2.75, 3.05) is 44.2 Å². The Bertz CT molecular complexity index is 1180. The van der Waals surface area contributed by atoms with Crippen LogP contribution in [0, 0.1) is 27.7 Å². The Labute approximate surface area is 240 Å². The molecule has 4 rings (SSSR count). The molecule has 1 fully saturated rings. The van der Waals surface area contributed by atoms with Gasteiger partial charge in [0.1, 0.15) is 11.5 Å². The number of hydrogen-bond acceptors (Lipinski definition) is 4. The minimum absolute atomic E-state index is 0. The van der Waals surface area contributed by atoms with Gasteiger partial charge >= 0.3 is 0 Å². The molecule has 0 saturated carbocycles. The minimum Gasteiger partial charge on any atom is -0.369 e. The van der Waals surface area contributed by atoms with Gasteiger partial charge in [0.2, 0.25) is 0 Å².